The molecular weight excluding hydrogens is 352 g/mol. The van der Waals surface area contributed by atoms with Crippen LogP contribution in [0.4, 0.5) is 10.5 Å². The number of hydrogen-bond acceptors (Lipinski definition) is 9. The fraction of sp³-hybridized carbons (Fsp3) is 0.286. The third-order valence-corrected chi connectivity index (χ3v) is 3.07. The molecule has 2 amide bonds. The molecule has 1 aromatic rings. The standard InChI is InChI=1S/C14H12N4O8/c1-7(25-14(23)26-18-11(20)4-5-12(18)21)24-13(22)9-3-2-8(16-17-15)6-10(9)19/h2-3,6-7,19H,4-5H2,1H3. The topological polar surface area (TPSA) is 168 Å². The van der Waals surface area contributed by atoms with Crippen LogP contribution < -0.4 is 0 Å². The van der Waals surface area contributed by atoms with E-state index in [2.05, 4.69) is 19.6 Å². The average Bonchev–Trinajstić information content (AvgIpc) is 2.86. The van der Waals surface area contributed by atoms with E-state index in [-0.39, 0.29) is 29.2 Å². The number of hydroxylamine groups is 2. The Morgan fingerprint density at radius 3 is 2.50 bits per heavy atom. The maximum Gasteiger partial charge on any atom is 0.537 e. The second kappa shape index (κ2) is 7.85. The zero-order valence-corrected chi connectivity index (χ0v) is 13.3. The molecule has 1 aliphatic heterocycles. The van der Waals surface area contributed by atoms with E-state index in [0.29, 0.717) is 0 Å². The number of rotatable bonds is 5. The van der Waals surface area contributed by atoms with Crippen molar-refractivity contribution < 1.29 is 38.6 Å². The monoisotopic (exact) mass is 364 g/mol. The molecule has 1 saturated heterocycles. The fourth-order valence-electron chi connectivity index (χ4n) is 1.93. The summed E-state index contributed by atoms with van der Waals surface area (Å²) < 4.78 is 9.40. The lowest BCUT2D eigenvalue weighted by Crippen LogP contribution is -2.34. The first-order chi connectivity index (χ1) is 12.3. The van der Waals surface area contributed by atoms with Crippen LogP contribution >= 0.6 is 0 Å². The van der Waals surface area contributed by atoms with Crippen molar-refractivity contribution in [3.05, 3.63) is 34.2 Å². The molecule has 12 nitrogen and oxygen atoms in total. The van der Waals surface area contributed by atoms with Crippen LogP contribution in [0.1, 0.15) is 30.1 Å². The normalized spacial score (nSPS) is 14.4. The van der Waals surface area contributed by atoms with Crippen molar-refractivity contribution in [2.75, 3.05) is 0 Å². The summed E-state index contributed by atoms with van der Waals surface area (Å²) in [6, 6.07) is 3.45. The van der Waals surface area contributed by atoms with E-state index in [1.807, 2.05) is 0 Å². The zero-order valence-electron chi connectivity index (χ0n) is 13.3. The predicted molar refractivity (Wildman–Crippen MR) is 80.4 cm³/mol. The molecule has 1 fully saturated rings. The molecule has 1 atom stereocenters. The molecule has 0 spiro atoms. The number of phenolic OH excluding ortho intramolecular Hbond substituents is 1. The Morgan fingerprint density at radius 2 is 1.92 bits per heavy atom. The van der Waals surface area contributed by atoms with Gasteiger partial charge in [0.2, 0.25) is 6.29 Å². The van der Waals surface area contributed by atoms with Crippen molar-refractivity contribution in [2.45, 2.75) is 26.1 Å². The second-order valence-corrected chi connectivity index (χ2v) is 4.90. The van der Waals surface area contributed by atoms with Crippen LogP contribution in [0.3, 0.4) is 0 Å². The number of nitrogens with zero attached hydrogens (tertiary/aromatic N) is 4. The number of esters is 1. The van der Waals surface area contributed by atoms with Crippen LogP contribution in [0, 0.1) is 0 Å². The van der Waals surface area contributed by atoms with Crippen LogP contribution in [-0.4, -0.2) is 40.4 Å². The highest BCUT2D eigenvalue weighted by atomic mass is 16.9. The molecule has 0 aliphatic carbocycles. The van der Waals surface area contributed by atoms with E-state index in [1.165, 1.54) is 13.0 Å². The maximum atomic E-state index is 11.9. The third kappa shape index (κ3) is 4.39. The molecule has 1 aliphatic rings. The highest BCUT2D eigenvalue weighted by Crippen LogP contribution is 2.25. The summed E-state index contributed by atoms with van der Waals surface area (Å²) >= 11 is 0. The Hall–Kier alpha value is -3.79. The number of carbonyl (C=O) groups excluding carboxylic acids is 4. The molecule has 136 valence electrons. The molecule has 2 rings (SSSR count). The van der Waals surface area contributed by atoms with Gasteiger partial charge in [-0.3, -0.25) is 14.4 Å². The lowest BCUT2D eigenvalue weighted by molar-refractivity contribution is -0.183. The van der Waals surface area contributed by atoms with Crippen molar-refractivity contribution >= 4 is 29.6 Å². The highest BCUT2D eigenvalue weighted by Gasteiger charge is 2.34. The van der Waals surface area contributed by atoms with Gasteiger partial charge < -0.3 is 14.6 Å². The molecule has 1 N–H and O–H groups in total. The van der Waals surface area contributed by atoms with E-state index in [4.69, 9.17) is 10.3 Å². The molecule has 0 saturated carbocycles. The SMILES string of the molecule is CC(OC(=O)ON1C(=O)CCC1=O)OC(=O)c1ccc(N=[N+]=[N-])cc1O. The van der Waals surface area contributed by atoms with Gasteiger partial charge in [0.25, 0.3) is 11.8 Å². The number of imide groups is 1. The molecule has 12 heteroatoms. The summed E-state index contributed by atoms with van der Waals surface area (Å²) in [6.45, 7) is 1.18. The molecule has 1 unspecified atom stereocenters. The minimum atomic E-state index is -1.45. The van der Waals surface area contributed by atoms with Crippen LogP contribution in [0.2, 0.25) is 0 Å². The van der Waals surface area contributed by atoms with Crippen molar-refractivity contribution in [2.24, 2.45) is 5.11 Å². The van der Waals surface area contributed by atoms with Crippen molar-refractivity contribution in [3.8, 4) is 5.75 Å². The quantitative estimate of drug-likeness (QED) is 0.207. The second-order valence-electron chi connectivity index (χ2n) is 4.90. The lowest BCUT2D eigenvalue weighted by atomic mass is 10.2. The highest BCUT2D eigenvalue weighted by molar-refractivity contribution is 6.01. The number of ether oxygens (including phenoxy) is 2. The van der Waals surface area contributed by atoms with Crippen LogP contribution in [0.15, 0.2) is 23.3 Å². The Balaban J connectivity index is 1.92. The molecule has 0 radical (unpaired) electrons. The van der Waals surface area contributed by atoms with Crippen LogP contribution in [0.5, 0.6) is 5.75 Å². The summed E-state index contributed by atoms with van der Waals surface area (Å²) in [5.74, 6) is -2.94. The van der Waals surface area contributed by atoms with Gasteiger partial charge in [0.1, 0.15) is 11.3 Å². The first-order valence-corrected chi connectivity index (χ1v) is 7.15. The molecule has 0 aromatic heterocycles. The lowest BCUT2D eigenvalue weighted by Gasteiger charge is -2.16. The number of azide groups is 1. The van der Waals surface area contributed by atoms with Crippen LogP contribution in [-0.2, 0) is 23.9 Å². The van der Waals surface area contributed by atoms with Gasteiger partial charge in [-0.25, -0.2) is 9.59 Å². The molecule has 1 heterocycles. The predicted octanol–water partition coefficient (Wildman–Crippen LogP) is 2.05. The third-order valence-electron chi connectivity index (χ3n) is 3.07. The van der Waals surface area contributed by atoms with Crippen molar-refractivity contribution in [1.29, 1.82) is 0 Å². The average molecular weight is 364 g/mol. The Labute approximate surface area is 145 Å². The van der Waals surface area contributed by atoms with E-state index < -0.39 is 36.0 Å². The molecule has 0 bridgehead atoms. The first kappa shape index (κ1) is 18.5. The minimum absolute atomic E-state index is 0.0781. The number of benzene rings is 1. The van der Waals surface area contributed by atoms with E-state index in [1.54, 1.807) is 0 Å². The first-order valence-electron chi connectivity index (χ1n) is 7.15. The zero-order chi connectivity index (χ0) is 19.3. The van der Waals surface area contributed by atoms with E-state index in [0.717, 1.165) is 12.1 Å². The summed E-state index contributed by atoms with van der Waals surface area (Å²) in [7, 11) is 0. The Kier molecular flexibility index (Phi) is 5.60. The largest absolute Gasteiger partial charge is 0.537 e. The van der Waals surface area contributed by atoms with E-state index >= 15 is 0 Å². The molecular formula is C14H12N4O8. The van der Waals surface area contributed by atoms with Crippen molar-refractivity contribution in [3.63, 3.8) is 0 Å². The van der Waals surface area contributed by atoms with Gasteiger partial charge in [-0.15, -0.1) is 0 Å². The smallest absolute Gasteiger partial charge is 0.507 e. The number of carbonyl (C=O) groups is 4. The van der Waals surface area contributed by atoms with Gasteiger partial charge >= 0.3 is 12.1 Å². The molecule has 1 aromatic carbocycles. The van der Waals surface area contributed by atoms with Gasteiger partial charge in [-0.1, -0.05) is 16.2 Å². The number of phenols is 1. The van der Waals surface area contributed by atoms with Crippen LogP contribution in [0.25, 0.3) is 10.4 Å². The molecule has 26 heavy (non-hydrogen) atoms. The summed E-state index contributed by atoms with van der Waals surface area (Å²) in [4.78, 5) is 53.1. The maximum absolute atomic E-state index is 11.9. The Morgan fingerprint density at radius 1 is 1.27 bits per heavy atom. The van der Waals surface area contributed by atoms with Gasteiger partial charge in [0.05, 0.1) is 0 Å². The number of amides is 2. The number of aromatic hydroxyl groups is 1. The van der Waals surface area contributed by atoms with E-state index in [9.17, 15) is 24.3 Å². The Bertz CT molecular complexity index is 801. The minimum Gasteiger partial charge on any atom is -0.507 e. The fourth-order valence-corrected chi connectivity index (χ4v) is 1.93. The summed E-state index contributed by atoms with van der Waals surface area (Å²) in [6.07, 6.45) is -3.03. The van der Waals surface area contributed by atoms with Crippen molar-refractivity contribution in [1.82, 2.24) is 5.06 Å². The van der Waals surface area contributed by atoms with Gasteiger partial charge in [0.15, 0.2) is 0 Å². The number of hydrogen-bond donors (Lipinski definition) is 1. The van der Waals surface area contributed by atoms with Gasteiger partial charge in [-0.05, 0) is 17.7 Å². The van der Waals surface area contributed by atoms with Gasteiger partial charge in [-0.2, -0.15) is 0 Å². The summed E-state index contributed by atoms with van der Waals surface area (Å²) in [5, 5.41) is 13.3. The summed E-state index contributed by atoms with van der Waals surface area (Å²) in [5.41, 5.74) is 8.12. The van der Waals surface area contributed by atoms with Gasteiger partial charge in [0, 0.05) is 30.4 Å².